The summed E-state index contributed by atoms with van der Waals surface area (Å²) in [5, 5.41) is 2.04. The van der Waals surface area contributed by atoms with Crippen LogP contribution in [0.4, 0.5) is 32.0 Å². The maximum absolute atomic E-state index is 12.7. The quantitative estimate of drug-likeness (QED) is 0.838. The molecule has 0 radical (unpaired) electrons. The van der Waals surface area contributed by atoms with E-state index in [4.69, 9.17) is 4.74 Å². The molecule has 1 heterocycles. The third kappa shape index (κ3) is 3.90. The minimum atomic E-state index is -4.95. The van der Waals surface area contributed by atoms with Crippen molar-refractivity contribution in [3.05, 3.63) is 29.3 Å². The molecule has 1 atom stereocenters. The Labute approximate surface area is 121 Å². The second-order valence-electron chi connectivity index (χ2n) is 4.79. The number of anilines is 1. The van der Waals surface area contributed by atoms with Crippen molar-refractivity contribution in [2.24, 2.45) is 0 Å². The summed E-state index contributed by atoms with van der Waals surface area (Å²) in [7, 11) is 0. The third-order valence-electron chi connectivity index (χ3n) is 3.08. The monoisotopic (exact) mass is 327 g/mol. The number of carbonyl (C=O) groups excluding carboxylic acids is 1. The van der Waals surface area contributed by atoms with E-state index in [0.29, 0.717) is 31.6 Å². The lowest BCUT2D eigenvalue weighted by Crippen LogP contribution is -2.27. The second kappa shape index (κ2) is 5.79. The van der Waals surface area contributed by atoms with E-state index >= 15 is 0 Å². The zero-order chi connectivity index (χ0) is 16.5. The molecule has 0 aliphatic carbocycles. The maximum atomic E-state index is 12.7. The van der Waals surface area contributed by atoms with Gasteiger partial charge in [-0.25, -0.2) is 0 Å². The SMILES string of the molecule is O=C(Nc1cc(C(F)(F)F)cc(C(F)(F)F)c1)C1CCCO1. The fraction of sp³-hybridized carbons (Fsp3) is 0.462. The summed E-state index contributed by atoms with van der Waals surface area (Å²) < 4.78 is 81.0. The molecule has 22 heavy (non-hydrogen) atoms. The normalized spacial score (nSPS) is 19.3. The summed E-state index contributed by atoms with van der Waals surface area (Å²) in [4.78, 5) is 11.7. The van der Waals surface area contributed by atoms with Crippen molar-refractivity contribution >= 4 is 11.6 Å². The fourth-order valence-corrected chi connectivity index (χ4v) is 2.03. The molecular weight excluding hydrogens is 316 g/mol. The van der Waals surface area contributed by atoms with Gasteiger partial charge in [0.25, 0.3) is 5.91 Å². The molecule has 1 fully saturated rings. The molecule has 1 aliphatic heterocycles. The lowest BCUT2D eigenvalue weighted by atomic mass is 10.1. The van der Waals surface area contributed by atoms with Crippen LogP contribution in [0, 0.1) is 0 Å². The van der Waals surface area contributed by atoms with Gasteiger partial charge in [-0.3, -0.25) is 4.79 Å². The Balaban J connectivity index is 2.31. The molecule has 1 aromatic rings. The molecule has 1 saturated heterocycles. The number of alkyl halides is 6. The molecule has 1 amide bonds. The number of nitrogens with one attached hydrogen (secondary N) is 1. The average Bonchev–Trinajstić information content (AvgIpc) is 2.90. The molecule has 1 aliphatic rings. The summed E-state index contributed by atoms with van der Waals surface area (Å²) in [6.45, 7) is 0.328. The first-order valence-electron chi connectivity index (χ1n) is 6.29. The molecule has 3 nitrogen and oxygen atoms in total. The van der Waals surface area contributed by atoms with Gasteiger partial charge >= 0.3 is 12.4 Å². The van der Waals surface area contributed by atoms with E-state index in [0.717, 1.165) is 0 Å². The predicted octanol–water partition coefficient (Wildman–Crippen LogP) is 3.84. The van der Waals surface area contributed by atoms with Crippen LogP contribution >= 0.6 is 0 Å². The van der Waals surface area contributed by atoms with Crippen LogP contribution in [-0.2, 0) is 21.9 Å². The van der Waals surface area contributed by atoms with Gasteiger partial charge in [0, 0.05) is 12.3 Å². The smallest absolute Gasteiger partial charge is 0.368 e. The number of hydrogen-bond donors (Lipinski definition) is 1. The highest BCUT2D eigenvalue weighted by Gasteiger charge is 2.37. The zero-order valence-corrected chi connectivity index (χ0v) is 11.0. The number of rotatable bonds is 2. The summed E-state index contributed by atoms with van der Waals surface area (Å²) in [6.07, 6.45) is -9.79. The van der Waals surface area contributed by atoms with Gasteiger partial charge in [-0.1, -0.05) is 0 Å². The Morgan fingerprint density at radius 2 is 1.59 bits per heavy atom. The first-order valence-corrected chi connectivity index (χ1v) is 6.29. The highest BCUT2D eigenvalue weighted by Crippen LogP contribution is 2.37. The third-order valence-corrected chi connectivity index (χ3v) is 3.08. The minimum absolute atomic E-state index is 0.00171. The Bertz CT molecular complexity index is 528. The number of hydrogen-bond acceptors (Lipinski definition) is 2. The van der Waals surface area contributed by atoms with Gasteiger partial charge in [-0.05, 0) is 31.0 Å². The lowest BCUT2D eigenvalue weighted by molar-refractivity contribution is -0.143. The van der Waals surface area contributed by atoms with Gasteiger partial charge < -0.3 is 10.1 Å². The molecule has 122 valence electrons. The molecule has 0 saturated carbocycles. The van der Waals surface area contributed by atoms with Crippen LogP contribution in [0.3, 0.4) is 0 Å². The topological polar surface area (TPSA) is 38.3 Å². The van der Waals surface area contributed by atoms with Crippen molar-refractivity contribution in [2.45, 2.75) is 31.3 Å². The molecular formula is C13H11F6NO2. The largest absolute Gasteiger partial charge is 0.416 e. The lowest BCUT2D eigenvalue weighted by Gasteiger charge is -2.16. The summed E-state index contributed by atoms with van der Waals surface area (Å²) in [5.74, 6) is -0.759. The van der Waals surface area contributed by atoms with Crippen molar-refractivity contribution in [1.29, 1.82) is 0 Å². The van der Waals surface area contributed by atoms with Crippen molar-refractivity contribution in [3.63, 3.8) is 0 Å². The van der Waals surface area contributed by atoms with Gasteiger partial charge in [0.15, 0.2) is 0 Å². The Hall–Kier alpha value is -1.77. The predicted molar refractivity (Wildman–Crippen MR) is 64.0 cm³/mol. The maximum Gasteiger partial charge on any atom is 0.416 e. The van der Waals surface area contributed by atoms with Crippen LogP contribution in [-0.4, -0.2) is 18.6 Å². The molecule has 9 heteroatoms. The van der Waals surface area contributed by atoms with Gasteiger partial charge in [-0.2, -0.15) is 26.3 Å². The highest BCUT2D eigenvalue weighted by molar-refractivity contribution is 5.94. The molecule has 2 rings (SSSR count). The van der Waals surface area contributed by atoms with Crippen molar-refractivity contribution in [3.8, 4) is 0 Å². The minimum Gasteiger partial charge on any atom is -0.368 e. The molecule has 0 bridgehead atoms. The standard InChI is InChI=1S/C13H11F6NO2/c14-12(15,16)7-4-8(13(17,18)19)6-9(5-7)20-11(21)10-2-1-3-22-10/h4-6,10H,1-3H2,(H,20,21). The number of amides is 1. The van der Waals surface area contributed by atoms with E-state index in [2.05, 4.69) is 0 Å². The van der Waals surface area contributed by atoms with Crippen LogP contribution in [0.2, 0.25) is 0 Å². The van der Waals surface area contributed by atoms with E-state index in [1.165, 1.54) is 0 Å². The van der Waals surface area contributed by atoms with E-state index in [9.17, 15) is 31.1 Å². The van der Waals surface area contributed by atoms with Gasteiger partial charge in [0.1, 0.15) is 6.10 Å². The molecule has 1 N–H and O–H groups in total. The van der Waals surface area contributed by atoms with E-state index in [-0.39, 0.29) is 6.07 Å². The van der Waals surface area contributed by atoms with Gasteiger partial charge in [0.2, 0.25) is 0 Å². The summed E-state index contributed by atoms with van der Waals surface area (Å²) >= 11 is 0. The second-order valence-corrected chi connectivity index (χ2v) is 4.79. The van der Waals surface area contributed by atoms with Gasteiger partial charge in [0.05, 0.1) is 11.1 Å². The number of carbonyl (C=O) groups is 1. The van der Waals surface area contributed by atoms with Crippen LogP contribution < -0.4 is 5.32 Å². The van der Waals surface area contributed by atoms with Gasteiger partial charge in [-0.15, -0.1) is 0 Å². The van der Waals surface area contributed by atoms with E-state index in [1.54, 1.807) is 0 Å². The Morgan fingerprint density at radius 1 is 1.05 bits per heavy atom. The van der Waals surface area contributed by atoms with Crippen molar-refractivity contribution < 1.29 is 35.9 Å². The van der Waals surface area contributed by atoms with Crippen molar-refractivity contribution in [1.82, 2.24) is 0 Å². The van der Waals surface area contributed by atoms with Crippen LogP contribution in [0.15, 0.2) is 18.2 Å². The molecule has 1 aromatic carbocycles. The summed E-state index contributed by atoms with van der Waals surface area (Å²) in [5.41, 5.74) is -3.53. The number of ether oxygens (including phenoxy) is 1. The van der Waals surface area contributed by atoms with Crippen molar-refractivity contribution in [2.75, 3.05) is 11.9 Å². The highest BCUT2D eigenvalue weighted by atomic mass is 19.4. The number of halogens is 6. The number of benzene rings is 1. The zero-order valence-electron chi connectivity index (χ0n) is 11.0. The molecule has 0 spiro atoms. The average molecular weight is 327 g/mol. The molecule has 1 unspecified atom stereocenters. The first kappa shape index (κ1) is 16.6. The Kier molecular flexibility index (Phi) is 4.37. The fourth-order valence-electron chi connectivity index (χ4n) is 2.03. The van der Waals surface area contributed by atoms with Crippen LogP contribution in [0.1, 0.15) is 24.0 Å². The van der Waals surface area contributed by atoms with Crippen LogP contribution in [0.25, 0.3) is 0 Å². The summed E-state index contributed by atoms with van der Waals surface area (Å²) in [6, 6.07) is 0.923. The Morgan fingerprint density at radius 3 is 2.00 bits per heavy atom. The van der Waals surface area contributed by atoms with Crippen LogP contribution in [0.5, 0.6) is 0 Å². The van der Waals surface area contributed by atoms with E-state index in [1.807, 2.05) is 5.32 Å². The first-order chi connectivity index (χ1) is 10.1. The molecule has 0 aromatic heterocycles. The van der Waals surface area contributed by atoms with E-state index < -0.39 is 41.2 Å².